The van der Waals surface area contributed by atoms with Crippen LogP contribution in [0.4, 0.5) is 0 Å². The van der Waals surface area contributed by atoms with Crippen molar-refractivity contribution in [3.8, 4) is 0 Å². The highest BCUT2D eigenvalue weighted by atomic mass is 16.7. The van der Waals surface area contributed by atoms with Gasteiger partial charge in [0.2, 0.25) is 0 Å². The Labute approximate surface area is 118 Å². The molecule has 4 nitrogen and oxygen atoms in total. The first kappa shape index (κ1) is 18.8. The zero-order valence-corrected chi connectivity index (χ0v) is 13.4. The number of ether oxygens (including phenoxy) is 2. The lowest BCUT2D eigenvalue weighted by Crippen LogP contribution is -2.38. The Morgan fingerprint density at radius 1 is 0.947 bits per heavy atom. The van der Waals surface area contributed by atoms with Crippen LogP contribution in [0.5, 0.6) is 0 Å². The molecule has 2 unspecified atom stereocenters. The molecule has 2 N–H and O–H groups in total. The molecule has 0 aromatic heterocycles. The van der Waals surface area contributed by atoms with Crippen molar-refractivity contribution in [3.63, 3.8) is 0 Å². The molecule has 4 heteroatoms. The molecule has 0 saturated heterocycles. The molecular weight excluding hydrogens is 244 g/mol. The second kappa shape index (κ2) is 8.20. The summed E-state index contributed by atoms with van der Waals surface area (Å²) in [5.41, 5.74) is -0.235. The maximum atomic E-state index is 9.42. The fourth-order valence-corrected chi connectivity index (χ4v) is 1.68. The van der Waals surface area contributed by atoms with Crippen LogP contribution in [0.3, 0.4) is 0 Å². The van der Waals surface area contributed by atoms with Gasteiger partial charge in [-0.3, -0.25) is 0 Å². The summed E-state index contributed by atoms with van der Waals surface area (Å²) >= 11 is 0. The fourth-order valence-electron chi connectivity index (χ4n) is 1.68. The van der Waals surface area contributed by atoms with Crippen molar-refractivity contribution in [1.29, 1.82) is 0 Å². The van der Waals surface area contributed by atoms with Crippen LogP contribution in [0, 0.1) is 5.41 Å². The van der Waals surface area contributed by atoms with Crippen molar-refractivity contribution in [1.82, 2.24) is 0 Å². The lowest BCUT2D eigenvalue weighted by molar-refractivity contribution is -0.241. The van der Waals surface area contributed by atoms with E-state index in [4.69, 9.17) is 9.47 Å². The van der Waals surface area contributed by atoms with E-state index in [9.17, 15) is 10.2 Å². The van der Waals surface area contributed by atoms with E-state index in [0.29, 0.717) is 0 Å². The fraction of sp³-hybridized carbons (Fsp3) is 1.00. The normalized spacial score (nSPS) is 16.4. The van der Waals surface area contributed by atoms with E-state index in [-0.39, 0.29) is 30.3 Å². The highest BCUT2D eigenvalue weighted by molar-refractivity contribution is 4.73. The molecule has 0 aliphatic rings. The van der Waals surface area contributed by atoms with Gasteiger partial charge in [0.1, 0.15) is 0 Å². The quantitative estimate of drug-likeness (QED) is 0.602. The average Bonchev–Trinajstić information content (AvgIpc) is 2.36. The summed E-state index contributed by atoms with van der Waals surface area (Å²) in [6.07, 6.45) is 1.60. The van der Waals surface area contributed by atoms with Gasteiger partial charge in [-0.15, -0.1) is 0 Å². The van der Waals surface area contributed by atoms with Crippen molar-refractivity contribution < 1.29 is 19.7 Å². The Kier molecular flexibility index (Phi) is 8.13. The third kappa shape index (κ3) is 7.88. The third-order valence-electron chi connectivity index (χ3n) is 3.74. The zero-order chi connectivity index (χ0) is 15.1. The van der Waals surface area contributed by atoms with E-state index < -0.39 is 6.29 Å². The van der Waals surface area contributed by atoms with Gasteiger partial charge in [-0.2, -0.15) is 0 Å². The molecule has 0 saturated carbocycles. The smallest absolute Gasteiger partial charge is 0.181 e. The highest BCUT2D eigenvalue weighted by Crippen LogP contribution is 2.28. The van der Waals surface area contributed by atoms with Crippen LogP contribution >= 0.6 is 0 Å². The van der Waals surface area contributed by atoms with Crippen LogP contribution in [0.25, 0.3) is 0 Å². The molecule has 0 rings (SSSR count). The van der Waals surface area contributed by atoms with Crippen molar-refractivity contribution >= 4 is 0 Å². The Bertz CT molecular complexity index is 214. The van der Waals surface area contributed by atoms with E-state index >= 15 is 0 Å². The Morgan fingerprint density at radius 3 is 1.89 bits per heavy atom. The molecule has 0 aliphatic heterocycles. The molecule has 19 heavy (non-hydrogen) atoms. The number of hydrogen-bond donors (Lipinski definition) is 2. The largest absolute Gasteiger partial charge is 0.394 e. The predicted octanol–water partition coefficient (Wildman–Crippen LogP) is 2.71. The molecule has 0 amide bonds. The minimum absolute atomic E-state index is 0.0597. The highest BCUT2D eigenvalue weighted by Gasteiger charge is 2.27. The Balaban J connectivity index is 4.48. The minimum atomic E-state index is -0.681. The van der Waals surface area contributed by atoms with Gasteiger partial charge in [0.15, 0.2) is 6.29 Å². The SMILES string of the molecule is CCC(C)(C)CC(CO)OC(CO)OC(C)(C)CC. The van der Waals surface area contributed by atoms with E-state index in [0.717, 1.165) is 19.3 Å². The van der Waals surface area contributed by atoms with Crippen LogP contribution in [0.2, 0.25) is 0 Å². The van der Waals surface area contributed by atoms with Gasteiger partial charge in [0.05, 0.1) is 24.9 Å². The van der Waals surface area contributed by atoms with Gasteiger partial charge in [0, 0.05) is 0 Å². The van der Waals surface area contributed by atoms with Gasteiger partial charge >= 0.3 is 0 Å². The molecule has 116 valence electrons. The first-order valence-electron chi connectivity index (χ1n) is 7.24. The molecule has 0 fully saturated rings. The predicted molar refractivity (Wildman–Crippen MR) is 77.0 cm³/mol. The standard InChI is InChI=1S/C15H32O4/c1-7-14(3,4)9-12(10-16)18-13(11-17)19-15(5,6)8-2/h12-13,16-17H,7-11H2,1-6H3. The summed E-state index contributed by atoms with van der Waals surface area (Å²) in [5.74, 6) is 0. The third-order valence-corrected chi connectivity index (χ3v) is 3.74. The van der Waals surface area contributed by atoms with Crippen molar-refractivity contribution in [3.05, 3.63) is 0 Å². The van der Waals surface area contributed by atoms with Crippen molar-refractivity contribution in [2.75, 3.05) is 13.2 Å². The van der Waals surface area contributed by atoms with Crippen LogP contribution < -0.4 is 0 Å². The van der Waals surface area contributed by atoms with Crippen LogP contribution in [0.1, 0.15) is 60.8 Å². The summed E-state index contributed by atoms with van der Waals surface area (Å²) in [6, 6.07) is 0. The summed E-state index contributed by atoms with van der Waals surface area (Å²) in [6.45, 7) is 12.1. The van der Waals surface area contributed by atoms with Crippen LogP contribution in [-0.4, -0.2) is 41.4 Å². The summed E-state index contributed by atoms with van der Waals surface area (Å²) in [5, 5.41) is 18.8. The second-order valence-electron chi connectivity index (χ2n) is 6.51. The number of rotatable bonds is 10. The molecule has 0 bridgehead atoms. The molecule has 0 aromatic rings. The first-order chi connectivity index (χ1) is 8.69. The molecule has 0 heterocycles. The number of hydrogen-bond acceptors (Lipinski definition) is 4. The minimum Gasteiger partial charge on any atom is -0.394 e. The molecule has 0 aromatic carbocycles. The van der Waals surface area contributed by atoms with E-state index in [1.165, 1.54) is 0 Å². The van der Waals surface area contributed by atoms with Gasteiger partial charge in [0.25, 0.3) is 0 Å². The van der Waals surface area contributed by atoms with Crippen LogP contribution in [0.15, 0.2) is 0 Å². The van der Waals surface area contributed by atoms with Crippen molar-refractivity contribution in [2.45, 2.75) is 78.8 Å². The van der Waals surface area contributed by atoms with E-state index in [1.807, 2.05) is 20.8 Å². The van der Waals surface area contributed by atoms with Crippen molar-refractivity contribution in [2.24, 2.45) is 5.41 Å². The van der Waals surface area contributed by atoms with Gasteiger partial charge in [-0.1, -0.05) is 34.1 Å². The first-order valence-corrected chi connectivity index (χ1v) is 7.24. The summed E-state index contributed by atoms with van der Waals surface area (Å²) in [4.78, 5) is 0. The monoisotopic (exact) mass is 276 g/mol. The van der Waals surface area contributed by atoms with Gasteiger partial charge < -0.3 is 19.7 Å². The van der Waals surface area contributed by atoms with E-state index in [1.54, 1.807) is 0 Å². The maximum Gasteiger partial charge on any atom is 0.181 e. The average molecular weight is 276 g/mol. The zero-order valence-electron chi connectivity index (χ0n) is 13.4. The topological polar surface area (TPSA) is 58.9 Å². The molecule has 2 atom stereocenters. The maximum absolute atomic E-state index is 9.42. The summed E-state index contributed by atoms with van der Waals surface area (Å²) < 4.78 is 11.4. The molecule has 0 radical (unpaired) electrons. The number of aliphatic hydroxyl groups is 2. The van der Waals surface area contributed by atoms with Gasteiger partial charge in [-0.25, -0.2) is 0 Å². The lowest BCUT2D eigenvalue weighted by atomic mass is 9.84. The Hall–Kier alpha value is -0.160. The molecular formula is C15H32O4. The second-order valence-corrected chi connectivity index (χ2v) is 6.51. The van der Waals surface area contributed by atoms with Gasteiger partial charge in [-0.05, 0) is 32.1 Å². The molecule has 0 spiro atoms. The summed E-state index contributed by atoms with van der Waals surface area (Å²) in [7, 11) is 0. The van der Waals surface area contributed by atoms with Crippen LogP contribution in [-0.2, 0) is 9.47 Å². The van der Waals surface area contributed by atoms with E-state index in [2.05, 4.69) is 20.8 Å². The Morgan fingerprint density at radius 2 is 1.53 bits per heavy atom. The lowest BCUT2D eigenvalue weighted by Gasteiger charge is -2.33. The number of aliphatic hydroxyl groups excluding tert-OH is 2. The molecule has 0 aliphatic carbocycles.